The van der Waals surface area contributed by atoms with Gasteiger partial charge in [0.2, 0.25) is 10.0 Å². The van der Waals surface area contributed by atoms with E-state index in [0.29, 0.717) is 5.56 Å². The molecule has 0 unspecified atom stereocenters. The SMILES string of the molecule is Cc1ccc(S(=O)(=O)N2CCN(C(=O)COC(=O)C=Cc3ccc(OC(F)F)cc3)CC2)cc1. The van der Waals surface area contributed by atoms with Gasteiger partial charge in [0, 0.05) is 32.3 Å². The summed E-state index contributed by atoms with van der Waals surface area (Å²) in [7, 11) is -3.64. The quantitative estimate of drug-likeness (QED) is 0.414. The third-order valence-corrected chi connectivity index (χ3v) is 7.02. The lowest BCUT2D eigenvalue weighted by atomic mass is 10.2. The Hall–Kier alpha value is -3.31. The maximum Gasteiger partial charge on any atom is 0.387 e. The number of carbonyl (C=O) groups excluding carboxylic acids is 2. The van der Waals surface area contributed by atoms with E-state index < -0.39 is 35.1 Å². The van der Waals surface area contributed by atoms with Gasteiger partial charge in [-0.25, -0.2) is 13.2 Å². The molecule has 0 aromatic heterocycles. The molecule has 0 radical (unpaired) electrons. The van der Waals surface area contributed by atoms with Crippen molar-refractivity contribution in [2.24, 2.45) is 0 Å². The molecule has 0 aliphatic carbocycles. The van der Waals surface area contributed by atoms with Crippen molar-refractivity contribution in [3.63, 3.8) is 0 Å². The Kier molecular flexibility index (Phi) is 8.35. The summed E-state index contributed by atoms with van der Waals surface area (Å²) in [5, 5.41) is 0. The Labute approximate surface area is 196 Å². The molecule has 0 bridgehead atoms. The number of alkyl halides is 2. The second kappa shape index (κ2) is 11.2. The Balaban J connectivity index is 1.44. The van der Waals surface area contributed by atoms with Crippen LogP contribution in [0.1, 0.15) is 11.1 Å². The predicted molar refractivity (Wildman–Crippen MR) is 120 cm³/mol. The van der Waals surface area contributed by atoms with Gasteiger partial charge in [0.1, 0.15) is 5.75 Å². The minimum absolute atomic E-state index is 0.00733. The number of rotatable bonds is 8. The highest BCUT2D eigenvalue weighted by Crippen LogP contribution is 2.18. The van der Waals surface area contributed by atoms with Crippen molar-refractivity contribution in [1.29, 1.82) is 0 Å². The number of carbonyl (C=O) groups is 2. The zero-order valence-corrected chi connectivity index (χ0v) is 19.2. The normalized spacial score (nSPS) is 15.0. The maximum atomic E-state index is 12.7. The maximum absolute atomic E-state index is 12.7. The lowest BCUT2D eigenvalue weighted by molar-refractivity contribution is -0.148. The number of ether oxygens (including phenoxy) is 2. The Morgan fingerprint density at radius 1 is 1.00 bits per heavy atom. The van der Waals surface area contributed by atoms with Crippen molar-refractivity contribution in [1.82, 2.24) is 9.21 Å². The minimum Gasteiger partial charge on any atom is -0.452 e. The van der Waals surface area contributed by atoms with Gasteiger partial charge in [0.05, 0.1) is 4.90 Å². The molecular weight excluding hydrogens is 470 g/mol. The fraction of sp³-hybridized carbons (Fsp3) is 0.304. The van der Waals surface area contributed by atoms with E-state index in [2.05, 4.69) is 4.74 Å². The molecule has 2 aromatic rings. The molecule has 3 rings (SSSR count). The lowest BCUT2D eigenvalue weighted by Gasteiger charge is -2.33. The van der Waals surface area contributed by atoms with Crippen LogP contribution < -0.4 is 4.74 Å². The van der Waals surface area contributed by atoms with Gasteiger partial charge >= 0.3 is 12.6 Å². The second-order valence-electron chi connectivity index (χ2n) is 7.49. The van der Waals surface area contributed by atoms with Crippen LogP contribution >= 0.6 is 0 Å². The average Bonchev–Trinajstić information content (AvgIpc) is 2.82. The van der Waals surface area contributed by atoms with Gasteiger partial charge in [0.15, 0.2) is 6.61 Å². The summed E-state index contributed by atoms with van der Waals surface area (Å²) >= 11 is 0. The van der Waals surface area contributed by atoms with Gasteiger partial charge in [-0.3, -0.25) is 4.79 Å². The molecule has 0 saturated carbocycles. The standard InChI is InChI=1S/C23H24F2N2O6S/c1-17-2-9-20(10-3-17)34(30,31)27-14-12-26(13-15-27)21(28)16-32-22(29)11-6-18-4-7-19(8-5-18)33-23(24)25/h2-11,23H,12-16H2,1H3. The van der Waals surface area contributed by atoms with Crippen LogP contribution in [0.15, 0.2) is 59.5 Å². The van der Waals surface area contributed by atoms with E-state index in [0.717, 1.165) is 11.6 Å². The number of piperazine rings is 1. The highest BCUT2D eigenvalue weighted by atomic mass is 32.2. The predicted octanol–water partition coefficient (Wildman–Crippen LogP) is 2.69. The molecule has 1 heterocycles. The molecule has 0 spiro atoms. The molecule has 1 saturated heterocycles. The van der Waals surface area contributed by atoms with Crippen LogP contribution in [0.2, 0.25) is 0 Å². The Morgan fingerprint density at radius 3 is 2.21 bits per heavy atom. The fourth-order valence-electron chi connectivity index (χ4n) is 3.23. The van der Waals surface area contributed by atoms with E-state index in [1.165, 1.54) is 39.5 Å². The summed E-state index contributed by atoms with van der Waals surface area (Å²) in [6, 6.07) is 12.2. The topological polar surface area (TPSA) is 93.2 Å². The zero-order chi connectivity index (χ0) is 24.7. The minimum atomic E-state index is -3.64. The molecule has 8 nitrogen and oxygen atoms in total. The fourth-order valence-corrected chi connectivity index (χ4v) is 4.66. The van der Waals surface area contributed by atoms with Crippen LogP contribution in [0.3, 0.4) is 0 Å². The number of sulfonamides is 1. The second-order valence-corrected chi connectivity index (χ2v) is 9.42. The van der Waals surface area contributed by atoms with Gasteiger partial charge in [0.25, 0.3) is 5.91 Å². The van der Waals surface area contributed by atoms with Crippen molar-refractivity contribution in [2.45, 2.75) is 18.4 Å². The molecule has 182 valence electrons. The van der Waals surface area contributed by atoms with E-state index in [4.69, 9.17) is 4.74 Å². The van der Waals surface area contributed by atoms with Crippen molar-refractivity contribution >= 4 is 28.0 Å². The summed E-state index contributed by atoms with van der Waals surface area (Å²) in [6.07, 6.45) is 2.52. The van der Waals surface area contributed by atoms with Crippen LogP contribution in [0.4, 0.5) is 8.78 Å². The van der Waals surface area contributed by atoms with Crippen LogP contribution in [-0.2, 0) is 24.3 Å². The summed E-state index contributed by atoms with van der Waals surface area (Å²) in [4.78, 5) is 25.9. The molecule has 1 aliphatic heterocycles. The lowest BCUT2D eigenvalue weighted by Crippen LogP contribution is -2.51. The Bertz CT molecular complexity index is 1130. The average molecular weight is 495 g/mol. The first-order valence-electron chi connectivity index (χ1n) is 10.4. The highest BCUT2D eigenvalue weighted by Gasteiger charge is 2.30. The van der Waals surface area contributed by atoms with Crippen LogP contribution in [0.25, 0.3) is 6.08 Å². The number of halogens is 2. The first-order valence-corrected chi connectivity index (χ1v) is 11.8. The molecule has 11 heteroatoms. The van der Waals surface area contributed by atoms with Gasteiger partial charge in [-0.05, 0) is 42.8 Å². The van der Waals surface area contributed by atoms with E-state index >= 15 is 0 Å². The molecule has 0 N–H and O–H groups in total. The van der Waals surface area contributed by atoms with Crippen LogP contribution in [-0.4, -0.2) is 68.9 Å². The Morgan fingerprint density at radius 2 is 1.62 bits per heavy atom. The first-order chi connectivity index (χ1) is 16.1. The largest absolute Gasteiger partial charge is 0.452 e. The van der Waals surface area contributed by atoms with Crippen molar-refractivity contribution in [3.8, 4) is 5.75 Å². The van der Waals surface area contributed by atoms with Gasteiger partial charge in [-0.15, -0.1) is 0 Å². The summed E-state index contributed by atoms with van der Waals surface area (Å²) < 4.78 is 60.3. The number of amides is 1. The molecule has 0 atom stereocenters. The van der Waals surface area contributed by atoms with Gasteiger partial charge in [-0.1, -0.05) is 29.8 Å². The molecule has 2 aromatic carbocycles. The van der Waals surface area contributed by atoms with Crippen molar-refractivity contribution < 1.29 is 36.3 Å². The van der Waals surface area contributed by atoms with Gasteiger partial charge < -0.3 is 14.4 Å². The zero-order valence-electron chi connectivity index (χ0n) is 18.4. The molecule has 34 heavy (non-hydrogen) atoms. The number of aryl methyl sites for hydroxylation is 1. The summed E-state index contributed by atoms with van der Waals surface area (Å²) in [5.41, 5.74) is 1.51. The monoisotopic (exact) mass is 494 g/mol. The first kappa shape index (κ1) is 25.3. The number of esters is 1. The molecule has 1 amide bonds. The highest BCUT2D eigenvalue weighted by molar-refractivity contribution is 7.89. The summed E-state index contributed by atoms with van der Waals surface area (Å²) in [5.74, 6) is -1.18. The number of benzene rings is 2. The third-order valence-electron chi connectivity index (χ3n) is 5.11. The van der Waals surface area contributed by atoms with E-state index in [1.807, 2.05) is 6.92 Å². The number of nitrogens with zero attached hydrogens (tertiary/aromatic N) is 2. The van der Waals surface area contributed by atoms with Crippen LogP contribution in [0, 0.1) is 6.92 Å². The van der Waals surface area contributed by atoms with E-state index in [1.54, 1.807) is 24.3 Å². The van der Waals surface area contributed by atoms with E-state index in [-0.39, 0.29) is 36.8 Å². The van der Waals surface area contributed by atoms with E-state index in [9.17, 15) is 26.8 Å². The smallest absolute Gasteiger partial charge is 0.387 e. The molecular formula is C23H24F2N2O6S. The number of hydrogen-bond acceptors (Lipinski definition) is 6. The van der Waals surface area contributed by atoms with Crippen molar-refractivity contribution in [3.05, 3.63) is 65.7 Å². The van der Waals surface area contributed by atoms with Crippen LogP contribution in [0.5, 0.6) is 5.75 Å². The molecule has 1 aliphatic rings. The third kappa shape index (κ3) is 6.84. The summed E-state index contributed by atoms with van der Waals surface area (Å²) in [6.45, 7) is -0.879. The van der Waals surface area contributed by atoms with Gasteiger partial charge in [-0.2, -0.15) is 13.1 Å². The molecule has 1 fully saturated rings. The number of hydrogen-bond donors (Lipinski definition) is 0. The van der Waals surface area contributed by atoms with Crippen molar-refractivity contribution in [2.75, 3.05) is 32.8 Å².